The molecular weight excluding hydrogens is 310 g/mol. The summed E-state index contributed by atoms with van der Waals surface area (Å²) in [5, 5.41) is 0. The van der Waals surface area contributed by atoms with E-state index in [-0.39, 0.29) is 5.91 Å². The van der Waals surface area contributed by atoms with Crippen LogP contribution in [-0.2, 0) is 11.2 Å². The van der Waals surface area contributed by atoms with Gasteiger partial charge in [-0.05, 0) is 31.2 Å². The minimum atomic E-state index is 0.201. The van der Waals surface area contributed by atoms with Crippen LogP contribution in [0.5, 0.6) is 5.75 Å². The van der Waals surface area contributed by atoms with Crippen LogP contribution < -0.4 is 9.64 Å². The number of aromatic nitrogens is 1. The smallest absolute Gasteiger partial charge is 0.228 e. The summed E-state index contributed by atoms with van der Waals surface area (Å²) in [6.07, 6.45) is 0.471. The van der Waals surface area contributed by atoms with E-state index in [1.54, 1.807) is 24.0 Å². The Morgan fingerprint density at radius 2 is 1.91 bits per heavy atom. The number of hydrogen-bond donors (Lipinski definition) is 0. The first-order valence-corrected chi connectivity index (χ1v) is 8.61. The van der Waals surface area contributed by atoms with E-state index in [1.165, 1.54) is 5.69 Å². The number of amides is 1. The number of rotatable bonds is 4. The number of benzene rings is 1. The lowest BCUT2D eigenvalue weighted by atomic mass is 10.2. The molecule has 1 aromatic carbocycles. The first-order chi connectivity index (χ1) is 11.2. The second kappa shape index (κ2) is 7.00. The van der Waals surface area contributed by atoms with Gasteiger partial charge in [-0.15, -0.1) is 11.3 Å². The van der Waals surface area contributed by atoms with Gasteiger partial charge in [-0.3, -0.25) is 4.79 Å². The van der Waals surface area contributed by atoms with Crippen LogP contribution >= 0.6 is 11.3 Å². The minimum Gasteiger partial charge on any atom is -0.497 e. The summed E-state index contributed by atoms with van der Waals surface area (Å²) in [5.41, 5.74) is 3.95. The molecule has 5 nitrogen and oxygen atoms in total. The number of anilines is 1. The Morgan fingerprint density at radius 1 is 1.22 bits per heavy atom. The molecule has 0 bridgehead atoms. The number of nitrogens with zero attached hydrogens (tertiary/aromatic N) is 3. The molecule has 0 radical (unpaired) electrons. The zero-order valence-corrected chi connectivity index (χ0v) is 14.3. The number of hydrogen-bond acceptors (Lipinski definition) is 5. The summed E-state index contributed by atoms with van der Waals surface area (Å²) < 4.78 is 5.19. The van der Waals surface area contributed by atoms with Gasteiger partial charge in [-0.1, -0.05) is 0 Å². The van der Waals surface area contributed by atoms with Gasteiger partial charge >= 0.3 is 0 Å². The molecule has 1 amide bonds. The van der Waals surface area contributed by atoms with Crippen LogP contribution in [0.3, 0.4) is 0 Å². The second-order valence-electron chi connectivity index (χ2n) is 5.60. The van der Waals surface area contributed by atoms with Gasteiger partial charge in [0.15, 0.2) is 0 Å². The molecule has 2 heterocycles. The number of methoxy groups -OCH3 is 1. The third-order valence-electron chi connectivity index (χ3n) is 4.23. The lowest BCUT2D eigenvalue weighted by Crippen LogP contribution is -2.49. The monoisotopic (exact) mass is 331 g/mol. The van der Waals surface area contributed by atoms with E-state index >= 15 is 0 Å². The van der Waals surface area contributed by atoms with Crippen LogP contribution in [0.4, 0.5) is 5.69 Å². The predicted octanol–water partition coefficient (Wildman–Crippen LogP) is 2.35. The molecule has 23 heavy (non-hydrogen) atoms. The highest BCUT2D eigenvalue weighted by Gasteiger charge is 2.22. The van der Waals surface area contributed by atoms with Crippen molar-refractivity contribution in [2.75, 3.05) is 38.2 Å². The van der Waals surface area contributed by atoms with E-state index < -0.39 is 0 Å². The molecule has 1 fully saturated rings. The fourth-order valence-corrected chi connectivity index (χ4v) is 3.52. The molecule has 1 aliphatic rings. The van der Waals surface area contributed by atoms with Gasteiger partial charge in [0.1, 0.15) is 5.75 Å². The van der Waals surface area contributed by atoms with Gasteiger partial charge in [-0.2, -0.15) is 0 Å². The van der Waals surface area contributed by atoms with Gasteiger partial charge in [0, 0.05) is 36.7 Å². The van der Waals surface area contributed by atoms with E-state index in [0.717, 1.165) is 42.5 Å². The van der Waals surface area contributed by atoms with Gasteiger partial charge in [0.05, 0.1) is 24.7 Å². The van der Waals surface area contributed by atoms with Crippen LogP contribution in [0.25, 0.3) is 0 Å². The van der Waals surface area contributed by atoms with Crippen molar-refractivity contribution < 1.29 is 9.53 Å². The minimum absolute atomic E-state index is 0.201. The van der Waals surface area contributed by atoms with Crippen LogP contribution in [0.15, 0.2) is 29.8 Å². The fourth-order valence-electron chi connectivity index (χ4n) is 2.75. The molecule has 0 saturated carbocycles. The molecule has 1 saturated heterocycles. The van der Waals surface area contributed by atoms with E-state index in [9.17, 15) is 4.79 Å². The normalized spacial score (nSPS) is 14.9. The standard InChI is InChI=1S/C17H21N3O2S/c1-13-16(23-12-18-13)11-17(21)20-9-7-19(8-10-20)14-3-5-15(22-2)6-4-14/h3-6,12H,7-11H2,1-2H3. The molecule has 0 spiro atoms. The molecule has 0 N–H and O–H groups in total. The van der Waals surface area contributed by atoms with Crippen molar-refractivity contribution in [2.24, 2.45) is 0 Å². The van der Waals surface area contributed by atoms with E-state index in [4.69, 9.17) is 4.74 Å². The Hall–Kier alpha value is -2.08. The average molecular weight is 331 g/mol. The first kappa shape index (κ1) is 15.8. The molecule has 122 valence electrons. The van der Waals surface area contributed by atoms with Gasteiger partial charge < -0.3 is 14.5 Å². The molecule has 0 atom stereocenters. The van der Waals surface area contributed by atoms with E-state index in [1.807, 2.05) is 24.0 Å². The van der Waals surface area contributed by atoms with E-state index in [0.29, 0.717) is 6.42 Å². The summed E-state index contributed by atoms with van der Waals surface area (Å²) in [6, 6.07) is 8.08. The van der Waals surface area contributed by atoms with Crippen molar-refractivity contribution in [1.29, 1.82) is 0 Å². The number of thiazole rings is 1. The highest BCUT2D eigenvalue weighted by molar-refractivity contribution is 7.09. The number of carbonyl (C=O) groups is 1. The fraction of sp³-hybridized carbons (Fsp3) is 0.412. The van der Waals surface area contributed by atoms with Crippen LogP contribution in [0, 0.1) is 6.92 Å². The Kier molecular flexibility index (Phi) is 4.81. The van der Waals surface area contributed by atoms with Crippen molar-refractivity contribution in [2.45, 2.75) is 13.3 Å². The third-order valence-corrected chi connectivity index (χ3v) is 5.16. The van der Waals surface area contributed by atoms with Crippen molar-refractivity contribution >= 4 is 22.9 Å². The maximum absolute atomic E-state index is 12.4. The van der Waals surface area contributed by atoms with E-state index in [2.05, 4.69) is 22.0 Å². The van der Waals surface area contributed by atoms with Crippen molar-refractivity contribution in [3.8, 4) is 5.75 Å². The Labute approximate surface area is 140 Å². The molecule has 2 aromatic rings. The van der Waals surface area contributed by atoms with Crippen molar-refractivity contribution in [3.63, 3.8) is 0 Å². The van der Waals surface area contributed by atoms with Gasteiger partial charge in [0.2, 0.25) is 5.91 Å². The maximum atomic E-state index is 12.4. The summed E-state index contributed by atoms with van der Waals surface area (Å²) in [7, 11) is 1.67. The summed E-state index contributed by atoms with van der Waals surface area (Å²) in [5.74, 6) is 1.06. The molecule has 6 heteroatoms. The Balaban J connectivity index is 1.55. The number of carbonyl (C=O) groups excluding carboxylic acids is 1. The zero-order chi connectivity index (χ0) is 16.2. The highest BCUT2D eigenvalue weighted by Crippen LogP contribution is 2.21. The van der Waals surface area contributed by atoms with Crippen LogP contribution in [0.2, 0.25) is 0 Å². The zero-order valence-electron chi connectivity index (χ0n) is 13.5. The molecule has 0 unspecified atom stereocenters. The number of aryl methyl sites for hydroxylation is 1. The predicted molar refractivity (Wildman–Crippen MR) is 92.3 cm³/mol. The lowest BCUT2D eigenvalue weighted by Gasteiger charge is -2.36. The topological polar surface area (TPSA) is 45.7 Å². The summed E-state index contributed by atoms with van der Waals surface area (Å²) in [4.78, 5) is 22.0. The quantitative estimate of drug-likeness (QED) is 0.863. The average Bonchev–Trinajstić information content (AvgIpc) is 3.00. The Bertz CT molecular complexity index is 661. The second-order valence-corrected chi connectivity index (χ2v) is 6.54. The van der Waals surface area contributed by atoms with Gasteiger partial charge in [0.25, 0.3) is 0 Å². The first-order valence-electron chi connectivity index (χ1n) is 7.73. The van der Waals surface area contributed by atoms with Crippen molar-refractivity contribution in [3.05, 3.63) is 40.3 Å². The molecule has 1 aliphatic heterocycles. The number of piperazine rings is 1. The SMILES string of the molecule is COc1ccc(N2CCN(C(=O)Cc3scnc3C)CC2)cc1. The summed E-state index contributed by atoms with van der Waals surface area (Å²) in [6.45, 7) is 5.21. The Morgan fingerprint density at radius 3 is 2.48 bits per heavy atom. The molecule has 1 aromatic heterocycles. The lowest BCUT2D eigenvalue weighted by molar-refractivity contribution is -0.130. The van der Waals surface area contributed by atoms with Gasteiger partial charge in [-0.25, -0.2) is 4.98 Å². The van der Waals surface area contributed by atoms with Crippen LogP contribution in [-0.4, -0.2) is 49.1 Å². The largest absolute Gasteiger partial charge is 0.497 e. The summed E-state index contributed by atoms with van der Waals surface area (Å²) >= 11 is 1.56. The third kappa shape index (κ3) is 3.64. The van der Waals surface area contributed by atoms with Crippen molar-refractivity contribution in [1.82, 2.24) is 9.88 Å². The molecular formula is C17H21N3O2S. The number of ether oxygens (including phenoxy) is 1. The molecule has 3 rings (SSSR count). The van der Waals surface area contributed by atoms with Crippen LogP contribution in [0.1, 0.15) is 10.6 Å². The highest BCUT2D eigenvalue weighted by atomic mass is 32.1. The molecule has 0 aliphatic carbocycles. The maximum Gasteiger partial charge on any atom is 0.228 e.